The zero-order valence-corrected chi connectivity index (χ0v) is 14.8. The molecule has 0 saturated heterocycles. The summed E-state index contributed by atoms with van der Waals surface area (Å²) in [6, 6.07) is 0. The van der Waals surface area contributed by atoms with Crippen LogP contribution in [0.25, 0.3) is 0 Å². The van der Waals surface area contributed by atoms with E-state index in [1.165, 1.54) is 0 Å². The second-order valence-corrected chi connectivity index (χ2v) is 9.63. The van der Waals surface area contributed by atoms with Gasteiger partial charge in [-0.3, -0.25) is 4.79 Å². The Balaban J connectivity index is 1.79. The van der Waals surface area contributed by atoms with E-state index in [1.807, 2.05) is 6.92 Å². The van der Waals surface area contributed by atoms with Crippen LogP contribution >= 0.6 is 0 Å². The predicted octanol–water partition coefficient (Wildman–Crippen LogP) is 3.13. The lowest BCUT2D eigenvalue weighted by molar-refractivity contribution is -0.195. The molecule has 134 valence electrons. The first kappa shape index (κ1) is 16.6. The molecule has 3 N–H and O–H groups in total. The molecule has 4 aliphatic carbocycles. The molecule has 7 atom stereocenters. The Morgan fingerprint density at radius 2 is 1.79 bits per heavy atom. The Morgan fingerprint density at radius 3 is 2.46 bits per heavy atom. The van der Waals surface area contributed by atoms with Gasteiger partial charge in [0.2, 0.25) is 0 Å². The number of rotatable bonds is 1. The van der Waals surface area contributed by atoms with Gasteiger partial charge in [-0.1, -0.05) is 19.9 Å². The monoisotopic (exact) mass is 334 g/mol. The van der Waals surface area contributed by atoms with E-state index >= 15 is 0 Å². The van der Waals surface area contributed by atoms with E-state index in [-0.39, 0.29) is 22.7 Å². The van der Waals surface area contributed by atoms with Gasteiger partial charge in [0.25, 0.3) is 0 Å². The van der Waals surface area contributed by atoms with Crippen molar-refractivity contribution in [3.63, 3.8) is 0 Å². The zero-order chi connectivity index (χ0) is 17.5. The average Bonchev–Trinajstić information content (AvgIpc) is 2.64. The molecule has 4 heteroatoms. The quantitative estimate of drug-likeness (QED) is 0.644. The molecule has 4 aliphatic rings. The molecule has 0 heterocycles. The Hall–Kier alpha value is -0.870. The molecule has 2 bridgehead atoms. The second kappa shape index (κ2) is 4.64. The molecule has 0 radical (unpaired) electrons. The first-order valence-electron chi connectivity index (χ1n) is 9.43. The van der Waals surface area contributed by atoms with Gasteiger partial charge in [-0.25, -0.2) is 0 Å². The van der Waals surface area contributed by atoms with Crippen molar-refractivity contribution >= 4 is 5.97 Å². The van der Waals surface area contributed by atoms with Crippen LogP contribution in [0, 0.1) is 28.1 Å². The van der Waals surface area contributed by atoms with Crippen LogP contribution in [0.15, 0.2) is 12.2 Å². The Labute approximate surface area is 144 Å². The maximum Gasteiger partial charge on any atom is 0.309 e. The van der Waals surface area contributed by atoms with Gasteiger partial charge in [0.1, 0.15) is 0 Å². The maximum atomic E-state index is 12.1. The molecule has 1 unspecified atom stereocenters. The molecule has 4 rings (SSSR count). The van der Waals surface area contributed by atoms with E-state index in [1.54, 1.807) is 0 Å². The highest BCUT2D eigenvalue weighted by Crippen LogP contribution is 2.72. The van der Waals surface area contributed by atoms with Crippen LogP contribution in [0.1, 0.15) is 65.2 Å². The summed E-state index contributed by atoms with van der Waals surface area (Å²) in [4.78, 5) is 12.1. The lowest BCUT2D eigenvalue weighted by atomic mass is 9.40. The molecular formula is C20H30O4. The van der Waals surface area contributed by atoms with Gasteiger partial charge in [-0.2, -0.15) is 0 Å². The molecule has 24 heavy (non-hydrogen) atoms. The molecule has 4 fully saturated rings. The summed E-state index contributed by atoms with van der Waals surface area (Å²) in [5.74, 6) is -0.241. The predicted molar refractivity (Wildman–Crippen MR) is 90.3 cm³/mol. The molecule has 0 aromatic carbocycles. The van der Waals surface area contributed by atoms with Gasteiger partial charge in [-0.05, 0) is 74.7 Å². The number of fused-ring (bicyclic) bond motifs is 3. The molecule has 0 aromatic heterocycles. The van der Waals surface area contributed by atoms with Gasteiger partial charge in [-0.15, -0.1) is 0 Å². The van der Waals surface area contributed by atoms with E-state index in [0.717, 1.165) is 38.5 Å². The van der Waals surface area contributed by atoms with Crippen molar-refractivity contribution in [1.29, 1.82) is 0 Å². The maximum absolute atomic E-state index is 12.1. The third kappa shape index (κ3) is 1.69. The topological polar surface area (TPSA) is 77.8 Å². The number of aliphatic hydroxyl groups is 2. The third-order valence-corrected chi connectivity index (χ3v) is 8.79. The van der Waals surface area contributed by atoms with Gasteiger partial charge in [0.05, 0.1) is 17.1 Å². The fourth-order valence-corrected chi connectivity index (χ4v) is 7.62. The van der Waals surface area contributed by atoms with E-state index in [9.17, 15) is 20.1 Å². The SMILES string of the molecule is C=C1[C@H](O)[C@@]23CCC4[C@](C)(C(=O)O)CCC[C@@]4(C)[C@@H]2CC[C@]1(O)C3. The Morgan fingerprint density at radius 1 is 1.12 bits per heavy atom. The van der Waals surface area contributed by atoms with Crippen molar-refractivity contribution in [2.24, 2.45) is 28.1 Å². The minimum atomic E-state index is -0.913. The first-order valence-corrected chi connectivity index (χ1v) is 9.43. The summed E-state index contributed by atoms with van der Waals surface area (Å²) in [6.45, 7) is 8.22. The van der Waals surface area contributed by atoms with Gasteiger partial charge < -0.3 is 15.3 Å². The van der Waals surface area contributed by atoms with Crippen molar-refractivity contribution in [2.75, 3.05) is 0 Å². The number of hydrogen-bond acceptors (Lipinski definition) is 3. The number of aliphatic carboxylic acids is 1. The minimum absolute atomic E-state index is 0.0728. The third-order valence-electron chi connectivity index (χ3n) is 8.79. The van der Waals surface area contributed by atoms with Crippen molar-refractivity contribution < 1.29 is 20.1 Å². The van der Waals surface area contributed by atoms with Crippen LogP contribution in [0.3, 0.4) is 0 Å². The molecule has 1 spiro atoms. The summed E-state index contributed by atoms with van der Waals surface area (Å²) in [5, 5.41) is 31.8. The van der Waals surface area contributed by atoms with Crippen molar-refractivity contribution in [1.82, 2.24) is 0 Å². The second-order valence-electron chi connectivity index (χ2n) is 9.63. The van der Waals surface area contributed by atoms with E-state index in [2.05, 4.69) is 13.5 Å². The van der Waals surface area contributed by atoms with Gasteiger partial charge in [0.15, 0.2) is 0 Å². The number of hydrogen-bond donors (Lipinski definition) is 3. The van der Waals surface area contributed by atoms with E-state index in [0.29, 0.717) is 18.4 Å². The number of carboxylic acids is 1. The molecule has 4 nitrogen and oxygen atoms in total. The summed E-state index contributed by atoms with van der Waals surface area (Å²) >= 11 is 0. The molecule has 0 aliphatic heterocycles. The van der Waals surface area contributed by atoms with Crippen LogP contribution in [-0.4, -0.2) is 33.0 Å². The number of aliphatic hydroxyl groups excluding tert-OH is 1. The van der Waals surface area contributed by atoms with Crippen molar-refractivity contribution in [3.8, 4) is 0 Å². The highest BCUT2D eigenvalue weighted by Gasteiger charge is 2.70. The van der Waals surface area contributed by atoms with Crippen LogP contribution in [0.5, 0.6) is 0 Å². The standard InChI is InChI=1S/C20H30O4/c1-12-15(21)19-9-5-13-17(2,7-4-8-18(13,3)16(22)23)14(19)6-10-20(12,24)11-19/h13-15,21,24H,1,4-11H2,2-3H3,(H,22,23)/t13?,14-,15-,17+,18+,19+,20-/m0/s1. The number of carbonyl (C=O) groups is 1. The molecular weight excluding hydrogens is 304 g/mol. The molecule has 0 amide bonds. The summed E-state index contributed by atoms with van der Waals surface area (Å²) < 4.78 is 0. The van der Waals surface area contributed by atoms with Crippen LogP contribution < -0.4 is 0 Å². The summed E-state index contributed by atoms with van der Waals surface area (Å²) in [6.07, 6.45) is 5.84. The highest BCUT2D eigenvalue weighted by atomic mass is 16.4. The van der Waals surface area contributed by atoms with E-state index in [4.69, 9.17) is 0 Å². The van der Waals surface area contributed by atoms with Gasteiger partial charge >= 0.3 is 5.97 Å². The summed E-state index contributed by atoms with van der Waals surface area (Å²) in [5.41, 5.74) is -1.35. The van der Waals surface area contributed by atoms with Crippen LogP contribution in [-0.2, 0) is 4.79 Å². The lowest BCUT2D eigenvalue weighted by Gasteiger charge is -2.64. The van der Waals surface area contributed by atoms with E-state index < -0.39 is 23.1 Å². The zero-order valence-electron chi connectivity index (χ0n) is 14.8. The Bertz CT molecular complexity index is 615. The normalized spacial score (nSPS) is 56.5. The first-order chi connectivity index (χ1) is 11.1. The fraction of sp³-hybridized carbons (Fsp3) is 0.850. The van der Waals surface area contributed by atoms with Crippen LogP contribution in [0.4, 0.5) is 0 Å². The van der Waals surface area contributed by atoms with Crippen molar-refractivity contribution in [2.45, 2.75) is 76.9 Å². The summed E-state index contributed by atoms with van der Waals surface area (Å²) in [7, 11) is 0. The molecule has 0 aromatic rings. The van der Waals surface area contributed by atoms with Crippen LogP contribution in [0.2, 0.25) is 0 Å². The van der Waals surface area contributed by atoms with Gasteiger partial charge in [0, 0.05) is 5.41 Å². The Kier molecular flexibility index (Phi) is 3.21. The lowest BCUT2D eigenvalue weighted by Crippen LogP contribution is -2.60. The number of carboxylic acid groups (broad SMARTS) is 1. The average molecular weight is 334 g/mol. The minimum Gasteiger partial charge on any atom is -0.481 e. The highest BCUT2D eigenvalue weighted by molar-refractivity contribution is 5.75. The molecule has 4 saturated carbocycles. The fourth-order valence-electron chi connectivity index (χ4n) is 7.62. The largest absolute Gasteiger partial charge is 0.481 e. The van der Waals surface area contributed by atoms with Crippen molar-refractivity contribution in [3.05, 3.63) is 12.2 Å². The smallest absolute Gasteiger partial charge is 0.309 e.